The SMILES string of the molecule is CNC[C@@H](O)C[C@@]1(CN)CCCOC1. The number of hydrogen-bond acceptors (Lipinski definition) is 4. The molecule has 14 heavy (non-hydrogen) atoms. The van der Waals surface area contributed by atoms with Crippen LogP contribution in [0.3, 0.4) is 0 Å². The van der Waals surface area contributed by atoms with Gasteiger partial charge in [0.25, 0.3) is 0 Å². The van der Waals surface area contributed by atoms with E-state index >= 15 is 0 Å². The van der Waals surface area contributed by atoms with Crippen molar-refractivity contribution in [2.75, 3.05) is 33.4 Å². The monoisotopic (exact) mass is 202 g/mol. The fourth-order valence-corrected chi connectivity index (χ4v) is 2.12. The van der Waals surface area contributed by atoms with E-state index in [-0.39, 0.29) is 11.5 Å². The van der Waals surface area contributed by atoms with Crippen LogP contribution in [0.15, 0.2) is 0 Å². The molecule has 84 valence electrons. The van der Waals surface area contributed by atoms with Gasteiger partial charge in [0.2, 0.25) is 0 Å². The van der Waals surface area contributed by atoms with Crippen LogP contribution < -0.4 is 11.1 Å². The fraction of sp³-hybridized carbons (Fsp3) is 1.00. The molecule has 0 amide bonds. The van der Waals surface area contributed by atoms with Gasteiger partial charge >= 0.3 is 0 Å². The Morgan fingerprint density at radius 2 is 2.43 bits per heavy atom. The van der Waals surface area contributed by atoms with Crippen LogP contribution in [0.1, 0.15) is 19.3 Å². The van der Waals surface area contributed by atoms with Crippen molar-refractivity contribution < 1.29 is 9.84 Å². The third-order valence-electron chi connectivity index (χ3n) is 2.95. The van der Waals surface area contributed by atoms with Gasteiger partial charge in [0.1, 0.15) is 0 Å². The summed E-state index contributed by atoms with van der Waals surface area (Å²) in [7, 11) is 1.84. The summed E-state index contributed by atoms with van der Waals surface area (Å²) in [6, 6.07) is 0. The minimum absolute atomic E-state index is 0.00845. The largest absolute Gasteiger partial charge is 0.392 e. The van der Waals surface area contributed by atoms with E-state index < -0.39 is 0 Å². The van der Waals surface area contributed by atoms with Gasteiger partial charge < -0.3 is 20.9 Å². The summed E-state index contributed by atoms with van der Waals surface area (Å²) in [6.07, 6.45) is 2.56. The summed E-state index contributed by atoms with van der Waals surface area (Å²) in [5.41, 5.74) is 5.78. The predicted octanol–water partition coefficient (Wildman–Crippen LogP) is -0.288. The van der Waals surface area contributed by atoms with Gasteiger partial charge in [-0.2, -0.15) is 0 Å². The molecule has 0 aromatic carbocycles. The molecule has 0 bridgehead atoms. The van der Waals surface area contributed by atoms with Gasteiger partial charge in [-0.25, -0.2) is 0 Å². The summed E-state index contributed by atoms with van der Waals surface area (Å²) in [4.78, 5) is 0. The van der Waals surface area contributed by atoms with Crippen LogP contribution in [0.2, 0.25) is 0 Å². The van der Waals surface area contributed by atoms with Crippen molar-refractivity contribution >= 4 is 0 Å². The summed E-state index contributed by atoms with van der Waals surface area (Å²) < 4.78 is 5.44. The number of ether oxygens (including phenoxy) is 1. The van der Waals surface area contributed by atoms with E-state index in [2.05, 4.69) is 5.32 Å². The van der Waals surface area contributed by atoms with Gasteiger partial charge in [0, 0.05) is 25.1 Å². The van der Waals surface area contributed by atoms with Gasteiger partial charge in [-0.15, -0.1) is 0 Å². The summed E-state index contributed by atoms with van der Waals surface area (Å²) >= 11 is 0. The highest BCUT2D eigenvalue weighted by molar-refractivity contribution is 4.85. The summed E-state index contributed by atoms with van der Waals surface area (Å²) in [5, 5.41) is 12.7. The average molecular weight is 202 g/mol. The van der Waals surface area contributed by atoms with E-state index in [1.54, 1.807) is 0 Å². The molecule has 4 N–H and O–H groups in total. The number of hydrogen-bond donors (Lipinski definition) is 3. The second-order valence-electron chi connectivity index (χ2n) is 4.28. The van der Waals surface area contributed by atoms with Crippen molar-refractivity contribution in [3.8, 4) is 0 Å². The lowest BCUT2D eigenvalue weighted by Crippen LogP contribution is -2.43. The first-order valence-corrected chi connectivity index (χ1v) is 5.33. The molecule has 1 rings (SSSR count). The zero-order valence-electron chi connectivity index (χ0n) is 8.96. The molecule has 0 unspecified atom stereocenters. The highest BCUT2D eigenvalue weighted by Crippen LogP contribution is 2.32. The van der Waals surface area contributed by atoms with Crippen molar-refractivity contribution in [3.63, 3.8) is 0 Å². The predicted molar refractivity (Wildman–Crippen MR) is 56.1 cm³/mol. The molecular weight excluding hydrogens is 180 g/mol. The zero-order chi connectivity index (χ0) is 10.4. The van der Waals surface area contributed by atoms with Gasteiger partial charge in [0.05, 0.1) is 12.7 Å². The topological polar surface area (TPSA) is 67.5 Å². The molecule has 4 heteroatoms. The molecule has 0 radical (unpaired) electrons. The van der Waals surface area contributed by atoms with E-state index in [4.69, 9.17) is 10.5 Å². The number of nitrogens with two attached hydrogens (primary N) is 1. The molecule has 0 spiro atoms. The lowest BCUT2D eigenvalue weighted by molar-refractivity contribution is -0.0295. The second kappa shape index (κ2) is 5.66. The molecule has 0 aromatic heterocycles. The van der Waals surface area contributed by atoms with Crippen LogP contribution in [0.4, 0.5) is 0 Å². The third-order valence-corrected chi connectivity index (χ3v) is 2.95. The molecule has 2 atom stereocenters. The molecule has 1 fully saturated rings. The Labute approximate surface area is 85.8 Å². The molecule has 1 saturated heterocycles. The molecule has 0 aromatic rings. The number of nitrogens with one attached hydrogen (secondary N) is 1. The minimum Gasteiger partial charge on any atom is -0.392 e. The maximum absolute atomic E-state index is 9.72. The van der Waals surface area contributed by atoms with Crippen molar-refractivity contribution in [1.29, 1.82) is 0 Å². The third kappa shape index (κ3) is 3.20. The quantitative estimate of drug-likeness (QED) is 0.573. The zero-order valence-corrected chi connectivity index (χ0v) is 8.96. The number of aliphatic hydroxyl groups is 1. The highest BCUT2D eigenvalue weighted by atomic mass is 16.5. The minimum atomic E-state index is -0.315. The molecule has 1 aliphatic rings. The van der Waals surface area contributed by atoms with Crippen molar-refractivity contribution in [2.45, 2.75) is 25.4 Å². The van der Waals surface area contributed by atoms with Crippen molar-refractivity contribution in [1.82, 2.24) is 5.32 Å². The first-order chi connectivity index (χ1) is 6.72. The molecule has 4 nitrogen and oxygen atoms in total. The van der Waals surface area contributed by atoms with Gasteiger partial charge in [-0.05, 0) is 26.3 Å². The Morgan fingerprint density at radius 3 is 2.93 bits per heavy atom. The Morgan fingerprint density at radius 1 is 1.64 bits per heavy atom. The molecule has 1 aliphatic heterocycles. The molecule has 0 saturated carbocycles. The number of rotatable bonds is 5. The lowest BCUT2D eigenvalue weighted by Gasteiger charge is -2.37. The van der Waals surface area contributed by atoms with Gasteiger partial charge in [0.15, 0.2) is 0 Å². The molecular formula is C10H22N2O2. The van der Waals surface area contributed by atoms with Crippen LogP contribution in [-0.2, 0) is 4.74 Å². The Bertz CT molecular complexity index is 158. The average Bonchev–Trinajstić information content (AvgIpc) is 2.19. The first-order valence-electron chi connectivity index (χ1n) is 5.33. The fourth-order valence-electron chi connectivity index (χ4n) is 2.12. The van der Waals surface area contributed by atoms with Crippen LogP contribution in [0.25, 0.3) is 0 Å². The van der Waals surface area contributed by atoms with Gasteiger partial charge in [-0.3, -0.25) is 0 Å². The molecule has 0 aliphatic carbocycles. The number of aliphatic hydroxyl groups excluding tert-OH is 1. The normalized spacial score (nSPS) is 30.2. The standard InChI is InChI=1S/C10H22N2O2/c1-12-6-9(13)5-10(7-11)3-2-4-14-8-10/h9,12-13H,2-8,11H2,1H3/t9-,10+/m0/s1. The lowest BCUT2D eigenvalue weighted by atomic mass is 9.78. The second-order valence-corrected chi connectivity index (χ2v) is 4.28. The highest BCUT2D eigenvalue weighted by Gasteiger charge is 2.33. The molecule has 1 heterocycles. The van der Waals surface area contributed by atoms with Crippen LogP contribution in [-0.4, -0.2) is 44.6 Å². The first kappa shape index (κ1) is 11.9. The maximum Gasteiger partial charge on any atom is 0.0671 e. The summed E-state index contributed by atoms with van der Waals surface area (Å²) in [5.74, 6) is 0. The smallest absolute Gasteiger partial charge is 0.0671 e. The van der Waals surface area contributed by atoms with E-state index in [1.807, 2.05) is 7.05 Å². The Kier molecular flexibility index (Phi) is 4.81. The number of likely N-dealkylation sites (N-methyl/N-ethyl adjacent to an activating group) is 1. The van der Waals surface area contributed by atoms with E-state index in [0.29, 0.717) is 19.7 Å². The maximum atomic E-state index is 9.72. The van der Waals surface area contributed by atoms with Crippen molar-refractivity contribution in [3.05, 3.63) is 0 Å². The van der Waals surface area contributed by atoms with E-state index in [0.717, 1.165) is 25.9 Å². The van der Waals surface area contributed by atoms with E-state index in [1.165, 1.54) is 0 Å². The Balaban J connectivity index is 2.42. The Hall–Kier alpha value is -0.160. The van der Waals surface area contributed by atoms with Crippen molar-refractivity contribution in [2.24, 2.45) is 11.1 Å². The van der Waals surface area contributed by atoms with E-state index in [9.17, 15) is 5.11 Å². The van der Waals surface area contributed by atoms with Crippen LogP contribution in [0.5, 0.6) is 0 Å². The summed E-state index contributed by atoms with van der Waals surface area (Å²) in [6.45, 7) is 2.77. The van der Waals surface area contributed by atoms with Gasteiger partial charge in [-0.1, -0.05) is 0 Å². The van der Waals surface area contributed by atoms with Crippen LogP contribution in [0, 0.1) is 5.41 Å². The van der Waals surface area contributed by atoms with Crippen LogP contribution >= 0.6 is 0 Å².